The second-order valence-electron chi connectivity index (χ2n) is 16.0. The molecular formula is C56H36N4O. The Bertz CT molecular complexity index is 3710. The zero-order valence-electron chi connectivity index (χ0n) is 33.0. The Balaban J connectivity index is 1.05. The molecule has 1 unspecified atom stereocenters. The van der Waals surface area contributed by atoms with Crippen LogP contribution in [0.2, 0.25) is 0 Å². The van der Waals surface area contributed by atoms with Gasteiger partial charge in [0.2, 0.25) is 0 Å². The third-order valence-electron chi connectivity index (χ3n) is 12.5. The lowest BCUT2D eigenvalue weighted by Crippen LogP contribution is -2.39. The van der Waals surface area contributed by atoms with E-state index in [0.29, 0.717) is 0 Å². The number of benzene rings is 8. The van der Waals surface area contributed by atoms with Crippen LogP contribution >= 0.6 is 0 Å². The van der Waals surface area contributed by atoms with E-state index in [1.807, 2.05) is 0 Å². The van der Waals surface area contributed by atoms with Crippen LogP contribution < -0.4 is 5.32 Å². The van der Waals surface area contributed by atoms with Gasteiger partial charge < -0.3 is 18.9 Å². The number of aromatic nitrogens is 2. The van der Waals surface area contributed by atoms with Gasteiger partial charge in [-0.05, 0) is 71.8 Å². The van der Waals surface area contributed by atoms with E-state index < -0.39 is 0 Å². The number of furan rings is 1. The molecule has 5 heteroatoms. The Kier molecular flexibility index (Phi) is 7.30. The Morgan fingerprint density at radius 1 is 0.459 bits per heavy atom. The molecule has 1 aliphatic carbocycles. The first-order chi connectivity index (χ1) is 30.2. The fraction of sp³-hybridized carbons (Fsp3) is 0.0179. The summed E-state index contributed by atoms with van der Waals surface area (Å²) in [5.41, 5.74) is 14.9. The zero-order valence-corrected chi connectivity index (χ0v) is 33.0. The summed E-state index contributed by atoms with van der Waals surface area (Å²) in [5.74, 6) is 0.822. The van der Waals surface area contributed by atoms with Crippen molar-refractivity contribution >= 4 is 77.1 Å². The van der Waals surface area contributed by atoms with Crippen molar-refractivity contribution in [1.29, 1.82) is 0 Å². The van der Waals surface area contributed by atoms with Gasteiger partial charge >= 0.3 is 0 Å². The van der Waals surface area contributed by atoms with Gasteiger partial charge in [0.05, 0.1) is 33.8 Å². The van der Waals surface area contributed by atoms with Crippen LogP contribution in [0.4, 0.5) is 0 Å². The number of rotatable bonds is 5. The summed E-state index contributed by atoms with van der Waals surface area (Å²) in [5, 5.41) is 10.8. The number of para-hydroxylation sites is 3. The van der Waals surface area contributed by atoms with Gasteiger partial charge in [-0.3, -0.25) is 0 Å². The number of nitrogens with zero attached hydrogens (tertiary/aromatic N) is 3. The largest absolute Gasteiger partial charge is 0.456 e. The van der Waals surface area contributed by atoms with Gasteiger partial charge in [0.15, 0.2) is 0 Å². The second kappa shape index (κ2) is 13.2. The molecule has 0 saturated carbocycles. The molecule has 5 nitrogen and oxygen atoms in total. The van der Waals surface area contributed by atoms with Crippen LogP contribution in [0.15, 0.2) is 221 Å². The molecule has 2 aliphatic rings. The van der Waals surface area contributed by atoms with E-state index in [4.69, 9.17) is 9.41 Å². The molecule has 0 fully saturated rings. The number of nitrogens with one attached hydrogen (secondary N) is 1. The Labute approximate surface area is 351 Å². The van der Waals surface area contributed by atoms with Crippen molar-refractivity contribution in [3.8, 4) is 22.5 Å². The second-order valence-corrected chi connectivity index (χ2v) is 16.0. The van der Waals surface area contributed by atoms with Crippen molar-refractivity contribution in [2.75, 3.05) is 0 Å². The van der Waals surface area contributed by atoms with E-state index in [1.54, 1.807) is 0 Å². The zero-order chi connectivity index (χ0) is 40.0. The van der Waals surface area contributed by atoms with Crippen LogP contribution in [0.3, 0.4) is 0 Å². The molecule has 61 heavy (non-hydrogen) atoms. The van der Waals surface area contributed by atoms with E-state index in [9.17, 15) is 0 Å². The Hall–Kier alpha value is -8.15. The maximum atomic E-state index is 6.98. The average Bonchev–Trinajstić information content (AvgIpc) is 3.97. The van der Waals surface area contributed by atoms with Gasteiger partial charge in [-0.1, -0.05) is 140 Å². The van der Waals surface area contributed by atoms with Crippen LogP contribution in [0.1, 0.15) is 11.1 Å². The monoisotopic (exact) mass is 780 g/mol. The predicted molar refractivity (Wildman–Crippen MR) is 253 cm³/mol. The van der Waals surface area contributed by atoms with Crippen molar-refractivity contribution in [2.45, 2.75) is 6.04 Å². The SMILES string of the molecule is C1=CC2=C(c3ccccc3)N=C(c3cc(-c4ccccc4)cc4oc5cc(-n6c7ccccc7c7cc8c9ccccc9n(-c9ccccc9)c8cc76)ccc5c34)NC2C=C1. The van der Waals surface area contributed by atoms with Gasteiger partial charge in [0.25, 0.3) is 0 Å². The summed E-state index contributed by atoms with van der Waals surface area (Å²) >= 11 is 0. The predicted octanol–water partition coefficient (Wildman–Crippen LogP) is 13.7. The lowest BCUT2D eigenvalue weighted by Gasteiger charge is -2.28. The first kappa shape index (κ1) is 33.8. The summed E-state index contributed by atoms with van der Waals surface area (Å²) in [6.45, 7) is 0. The highest BCUT2D eigenvalue weighted by atomic mass is 16.3. The molecule has 1 N–H and O–H groups in total. The fourth-order valence-electron chi connectivity index (χ4n) is 9.80. The Morgan fingerprint density at radius 2 is 1.10 bits per heavy atom. The minimum atomic E-state index is -0.0183. The molecule has 286 valence electrons. The van der Waals surface area contributed by atoms with E-state index >= 15 is 0 Å². The smallest absolute Gasteiger partial charge is 0.137 e. The number of aliphatic imine (C=N–C) groups is 1. The average molecular weight is 781 g/mol. The highest BCUT2D eigenvalue weighted by Crippen LogP contribution is 2.42. The molecule has 0 saturated heterocycles. The standard InChI is InChI=1S/C56H36N4O/c1-4-16-35(17-5-1)37-30-46(56-57-47-25-13-10-24-42(47)55(58-56)36-18-6-2-7-19-36)54-43-29-28-39(32-52(43)61-53(54)31-37)60-49-27-15-12-23-41(49)45-33-44-40-22-11-14-26-48(40)59(50(44)34-51(45)60)38-20-8-3-9-21-38/h1-34,47H,(H,57,58). The highest BCUT2D eigenvalue weighted by molar-refractivity contribution is 6.22. The molecule has 1 atom stereocenters. The number of allylic oxidation sites excluding steroid dienone is 2. The van der Waals surface area contributed by atoms with E-state index in [2.05, 4.69) is 221 Å². The van der Waals surface area contributed by atoms with Crippen molar-refractivity contribution in [3.05, 3.63) is 223 Å². The molecule has 1 aliphatic heterocycles. The fourth-order valence-corrected chi connectivity index (χ4v) is 9.80. The van der Waals surface area contributed by atoms with Gasteiger partial charge in [0, 0.05) is 66.5 Å². The summed E-state index contributed by atoms with van der Waals surface area (Å²) in [4.78, 5) is 5.43. The Morgan fingerprint density at radius 3 is 1.82 bits per heavy atom. The molecule has 0 radical (unpaired) electrons. The lowest BCUT2D eigenvalue weighted by atomic mass is 9.92. The number of hydrogen-bond donors (Lipinski definition) is 1. The van der Waals surface area contributed by atoms with Crippen molar-refractivity contribution in [3.63, 3.8) is 0 Å². The molecular weight excluding hydrogens is 745 g/mol. The molecule has 0 spiro atoms. The first-order valence-electron chi connectivity index (χ1n) is 20.8. The maximum Gasteiger partial charge on any atom is 0.137 e. The normalized spacial score (nSPS) is 15.1. The molecule has 11 aromatic rings. The van der Waals surface area contributed by atoms with Crippen LogP contribution in [-0.4, -0.2) is 21.0 Å². The van der Waals surface area contributed by atoms with E-state index in [-0.39, 0.29) is 6.04 Å². The highest BCUT2D eigenvalue weighted by Gasteiger charge is 2.27. The van der Waals surface area contributed by atoms with E-state index in [1.165, 1.54) is 32.6 Å². The van der Waals surface area contributed by atoms with Crippen molar-refractivity contribution < 1.29 is 4.42 Å². The van der Waals surface area contributed by atoms with Crippen LogP contribution in [0.25, 0.3) is 93.7 Å². The van der Waals surface area contributed by atoms with Crippen LogP contribution in [0, 0.1) is 0 Å². The third-order valence-corrected chi connectivity index (χ3v) is 12.5. The van der Waals surface area contributed by atoms with Gasteiger partial charge in [0.1, 0.15) is 17.0 Å². The molecule has 0 bridgehead atoms. The summed E-state index contributed by atoms with van der Waals surface area (Å²) < 4.78 is 11.8. The minimum absolute atomic E-state index is 0.0183. The molecule has 13 rings (SSSR count). The molecule has 4 heterocycles. The number of amidine groups is 1. The van der Waals surface area contributed by atoms with E-state index in [0.717, 1.165) is 83.7 Å². The number of hydrogen-bond acceptors (Lipinski definition) is 3. The van der Waals surface area contributed by atoms with Gasteiger partial charge in [-0.2, -0.15) is 0 Å². The van der Waals surface area contributed by atoms with Crippen molar-refractivity contribution in [2.24, 2.45) is 4.99 Å². The van der Waals surface area contributed by atoms with Gasteiger partial charge in [-0.15, -0.1) is 0 Å². The number of fused-ring (bicyclic) bond motifs is 10. The third kappa shape index (κ3) is 5.17. The van der Waals surface area contributed by atoms with Gasteiger partial charge in [-0.25, -0.2) is 4.99 Å². The molecule has 8 aromatic carbocycles. The van der Waals surface area contributed by atoms with Crippen LogP contribution in [0.5, 0.6) is 0 Å². The lowest BCUT2D eigenvalue weighted by molar-refractivity contribution is 0.668. The summed E-state index contributed by atoms with van der Waals surface area (Å²) in [6.07, 6.45) is 8.59. The molecule has 0 amide bonds. The van der Waals surface area contributed by atoms with Crippen molar-refractivity contribution in [1.82, 2.24) is 14.5 Å². The first-order valence-corrected chi connectivity index (χ1v) is 20.8. The maximum absolute atomic E-state index is 6.98. The van der Waals surface area contributed by atoms with Crippen LogP contribution in [-0.2, 0) is 0 Å². The summed E-state index contributed by atoms with van der Waals surface area (Å²) in [6, 6.07) is 65.1. The minimum Gasteiger partial charge on any atom is -0.456 e. The topological polar surface area (TPSA) is 47.4 Å². The summed E-state index contributed by atoms with van der Waals surface area (Å²) in [7, 11) is 0. The molecule has 3 aromatic heterocycles. The quantitative estimate of drug-likeness (QED) is 0.189.